The van der Waals surface area contributed by atoms with E-state index in [2.05, 4.69) is 20.7 Å². The SMILES string of the molecule is CCC(CC)(CBr)NS(=O)(=O)c1c(C)cc(F)cc1C. The molecule has 1 N–H and O–H groups in total. The second kappa shape index (κ2) is 6.54. The third-order valence-corrected chi connectivity index (χ3v) is 6.61. The van der Waals surface area contributed by atoms with E-state index in [1.54, 1.807) is 13.8 Å². The third-order valence-electron chi connectivity index (χ3n) is 3.65. The molecule has 0 amide bonds. The number of nitrogens with one attached hydrogen (secondary N) is 1. The summed E-state index contributed by atoms with van der Waals surface area (Å²) >= 11 is 3.38. The predicted octanol–water partition coefficient (Wildman–Crippen LogP) is 3.67. The zero-order valence-electron chi connectivity index (χ0n) is 12.3. The first-order valence-corrected chi connectivity index (χ1v) is 9.18. The molecule has 0 saturated carbocycles. The van der Waals surface area contributed by atoms with Gasteiger partial charge < -0.3 is 0 Å². The van der Waals surface area contributed by atoms with Crippen molar-refractivity contribution in [2.24, 2.45) is 0 Å². The highest BCUT2D eigenvalue weighted by atomic mass is 79.9. The molecule has 0 heterocycles. The van der Waals surface area contributed by atoms with E-state index in [9.17, 15) is 12.8 Å². The van der Waals surface area contributed by atoms with Gasteiger partial charge in [0.25, 0.3) is 0 Å². The number of hydrogen-bond donors (Lipinski definition) is 1. The van der Waals surface area contributed by atoms with Crippen LogP contribution < -0.4 is 4.72 Å². The van der Waals surface area contributed by atoms with Crippen LogP contribution in [-0.2, 0) is 10.0 Å². The number of aryl methyl sites for hydroxylation is 2. The van der Waals surface area contributed by atoms with Gasteiger partial charge in [0, 0.05) is 10.9 Å². The third kappa shape index (κ3) is 3.59. The minimum atomic E-state index is -3.68. The molecule has 1 rings (SSSR count). The van der Waals surface area contributed by atoms with E-state index >= 15 is 0 Å². The van der Waals surface area contributed by atoms with Crippen LogP contribution in [0.1, 0.15) is 37.8 Å². The van der Waals surface area contributed by atoms with E-state index in [0.717, 1.165) is 0 Å². The lowest BCUT2D eigenvalue weighted by Gasteiger charge is -2.31. The number of hydrogen-bond acceptors (Lipinski definition) is 2. The predicted molar refractivity (Wildman–Crippen MR) is 83.3 cm³/mol. The highest BCUT2D eigenvalue weighted by Gasteiger charge is 2.32. The normalized spacial score (nSPS) is 12.7. The molecular formula is C14H21BrFNO2S. The summed E-state index contributed by atoms with van der Waals surface area (Å²) in [5.74, 6) is -0.420. The summed E-state index contributed by atoms with van der Waals surface area (Å²) < 4.78 is 41.3. The van der Waals surface area contributed by atoms with E-state index in [1.165, 1.54) is 12.1 Å². The Bertz CT molecular complexity index is 552. The van der Waals surface area contributed by atoms with Gasteiger partial charge in [0.2, 0.25) is 10.0 Å². The fourth-order valence-electron chi connectivity index (χ4n) is 2.27. The van der Waals surface area contributed by atoms with Gasteiger partial charge in [0.05, 0.1) is 4.90 Å². The molecule has 6 heteroatoms. The molecule has 0 aliphatic heterocycles. The Labute approximate surface area is 129 Å². The lowest BCUT2D eigenvalue weighted by molar-refractivity contribution is 0.398. The molecule has 1 aromatic carbocycles. The van der Waals surface area contributed by atoms with Crippen LogP contribution in [0.5, 0.6) is 0 Å². The lowest BCUT2D eigenvalue weighted by atomic mass is 9.97. The fraction of sp³-hybridized carbons (Fsp3) is 0.571. The molecule has 0 unspecified atom stereocenters. The highest BCUT2D eigenvalue weighted by Crippen LogP contribution is 2.26. The van der Waals surface area contributed by atoms with Gasteiger partial charge in [-0.3, -0.25) is 0 Å². The minimum Gasteiger partial charge on any atom is -0.207 e. The lowest BCUT2D eigenvalue weighted by Crippen LogP contribution is -2.49. The summed E-state index contributed by atoms with van der Waals surface area (Å²) in [6.07, 6.45) is 1.35. The molecule has 0 aliphatic carbocycles. The van der Waals surface area contributed by atoms with Crippen molar-refractivity contribution in [1.82, 2.24) is 4.72 Å². The fourth-order valence-corrected chi connectivity index (χ4v) is 5.39. The van der Waals surface area contributed by atoms with E-state index < -0.39 is 21.4 Å². The zero-order valence-corrected chi connectivity index (χ0v) is 14.7. The monoisotopic (exact) mass is 365 g/mol. The summed E-state index contributed by atoms with van der Waals surface area (Å²) in [4.78, 5) is 0.172. The molecule has 1 aromatic rings. The molecule has 0 aliphatic rings. The van der Waals surface area contributed by atoms with E-state index in [0.29, 0.717) is 29.3 Å². The number of rotatable bonds is 6. The molecule has 3 nitrogen and oxygen atoms in total. The van der Waals surface area contributed by atoms with E-state index in [-0.39, 0.29) is 4.90 Å². The van der Waals surface area contributed by atoms with Gasteiger partial charge in [-0.2, -0.15) is 0 Å². The number of alkyl halides is 1. The average Bonchev–Trinajstić information content (AvgIpc) is 2.34. The van der Waals surface area contributed by atoms with Gasteiger partial charge in [-0.1, -0.05) is 29.8 Å². The maximum absolute atomic E-state index is 13.3. The van der Waals surface area contributed by atoms with Crippen molar-refractivity contribution in [2.75, 3.05) is 5.33 Å². The molecule has 0 atom stereocenters. The zero-order chi connectivity index (χ0) is 15.6. The quantitative estimate of drug-likeness (QED) is 0.781. The van der Waals surface area contributed by atoms with Crippen molar-refractivity contribution in [2.45, 2.75) is 51.0 Å². The van der Waals surface area contributed by atoms with Gasteiger partial charge in [0.1, 0.15) is 5.82 Å². The Hall–Kier alpha value is -0.460. The Morgan fingerprint density at radius 2 is 1.65 bits per heavy atom. The van der Waals surface area contributed by atoms with Crippen LogP contribution in [-0.4, -0.2) is 19.3 Å². The first-order chi connectivity index (χ1) is 9.21. The van der Waals surface area contributed by atoms with Crippen LogP contribution in [0.25, 0.3) is 0 Å². The molecular weight excluding hydrogens is 345 g/mol. The standard InChI is InChI=1S/C14H21BrFNO2S/c1-5-14(6-2,9-15)17-20(18,19)13-10(3)7-12(16)8-11(13)4/h7-8,17H,5-6,9H2,1-4H3. The average molecular weight is 366 g/mol. The van der Waals surface area contributed by atoms with Gasteiger partial charge in [-0.25, -0.2) is 17.5 Å². The summed E-state index contributed by atoms with van der Waals surface area (Å²) in [6, 6.07) is 2.49. The number of halogens is 2. The van der Waals surface area contributed by atoms with E-state index in [4.69, 9.17) is 0 Å². The maximum Gasteiger partial charge on any atom is 0.241 e. The van der Waals surface area contributed by atoms with Crippen LogP contribution in [0.4, 0.5) is 4.39 Å². The minimum absolute atomic E-state index is 0.172. The Morgan fingerprint density at radius 3 is 2.00 bits per heavy atom. The Balaban J connectivity index is 3.32. The van der Waals surface area contributed by atoms with Crippen LogP contribution in [0.2, 0.25) is 0 Å². The smallest absolute Gasteiger partial charge is 0.207 e. The summed E-state index contributed by atoms with van der Waals surface area (Å²) in [5.41, 5.74) is 0.322. The van der Waals surface area contributed by atoms with Gasteiger partial charge in [-0.05, 0) is 49.9 Å². The second-order valence-electron chi connectivity index (χ2n) is 5.10. The van der Waals surface area contributed by atoms with Crippen LogP contribution >= 0.6 is 15.9 Å². The molecule has 0 saturated heterocycles. The molecule has 20 heavy (non-hydrogen) atoms. The van der Waals surface area contributed by atoms with Crippen molar-refractivity contribution in [1.29, 1.82) is 0 Å². The van der Waals surface area contributed by atoms with Crippen LogP contribution in [0.15, 0.2) is 17.0 Å². The van der Waals surface area contributed by atoms with Gasteiger partial charge in [0.15, 0.2) is 0 Å². The second-order valence-corrected chi connectivity index (χ2v) is 7.28. The highest BCUT2D eigenvalue weighted by molar-refractivity contribution is 9.09. The molecule has 0 bridgehead atoms. The van der Waals surface area contributed by atoms with Gasteiger partial charge in [-0.15, -0.1) is 0 Å². The topological polar surface area (TPSA) is 46.2 Å². The van der Waals surface area contributed by atoms with Crippen LogP contribution in [0, 0.1) is 19.7 Å². The van der Waals surface area contributed by atoms with Crippen molar-refractivity contribution in [3.63, 3.8) is 0 Å². The molecule has 0 spiro atoms. The first kappa shape index (κ1) is 17.6. The van der Waals surface area contributed by atoms with Crippen LogP contribution in [0.3, 0.4) is 0 Å². The van der Waals surface area contributed by atoms with Gasteiger partial charge >= 0.3 is 0 Å². The molecule has 114 valence electrons. The van der Waals surface area contributed by atoms with Crippen molar-refractivity contribution < 1.29 is 12.8 Å². The molecule has 0 aromatic heterocycles. The summed E-state index contributed by atoms with van der Waals surface area (Å²) in [5, 5.41) is 0.533. The Kier molecular flexibility index (Phi) is 5.75. The summed E-state index contributed by atoms with van der Waals surface area (Å²) in [7, 11) is -3.68. The number of benzene rings is 1. The largest absolute Gasteiger partial charge is 0.241 e. The number of sulfonamides is 1. The van der Waals surface area contributed by atoms with Crippen molar-refractivity contribution >= 4 is 26.0 Å². The molecule has 0 fully saturated rings. The summed E-state index contributed by atoms with van der Waals surface area (Å²) in [6.45, 7) is 7.10. The van der Waals surface area contributed by atoms with Crippen molar-refractivity contribution in [3.05, 3.63) is 29.1 Å². The molecule has 0 radical (unpaired) electrons. The van der Waals surface area contributed by atoms with Crippen molar-refractivity contribution in [3.8, 4) is 0 Å². The first-order valence-electron chi connectivity index (χ1n) is 6.58. The Morgan fingerprint density at radius 1 is 1.20 bits per heavy atom. The maximum atomic E-state index is 13.3. The van der Waals surface area contributed by atoms with E-state index in [1.807, 2.05) is 13.8 Å².